The molecule has 2 aromatic carbocycles. The third kappa shape index (κ3) is 6.08. The van der Waals surface area contributed by atoms with E-state index in [1.54, 1.807) is 51.2 Å². The Hall–Kier alpha value is -4.67. The highest BCUT2D eigenvalue weighted by atomic mass is 16.4. The molecule has 0 spiro atoms. The molecule has 0 aliphatic rings. The largest absolute Gasteiger partial charge is 0.480 e. The van der Waals surface area contributed by atoms with Crippen LogP contribution >= 0.6 is 0 Å². The lowest BCUT2D eigenvalue weighted by Crippen LogP contribution is -2.57. The highest BCUT2D eigenvalue weighted by Gasteiger charge is 2.34. The van der Waals surface area contributed by atoms with Gasteiger partial charge in [0, 0.05) is 23.5 Å². The molecule has 0 fully saturated rings. The molecule has 0 radical (unpaired) electrons. The first-order chi connectivity index (χ1) is 19.5. The number of carboxylic acids is 1. The van der Waals surface area contributed by atoms with Crippen molar-refractivity contribution in [3.05, 3.63) is 81.1 Å². The summed E-state index contributed by atoms with van der Waals surface area (Å²) >= 11 is 0. The number of carbonyl (C=O) groups is 3. The first-order valence-corrected chi connectivity index (χ1v) is 13.7. The van der Waals surface area contributed by atoms with Crippen LogP contribution in [0, 0.1) is 11.8 Å². The van der Waals surface area contributed by atoms with Gasteiger partial charge >= 0.3 is 11.7 Å². The molecule has 0 saturated carbocycles. The summed E-state index contributed by atoms with van der Waals surface area (Å²) in [6, 6.07) is 10.4. The van der Waals surface area contributed by atoms with Gasteiger partial charge in [-0.1, -0.05) is 64.4 Å². The number of aromatic nitrogens is 3. The molecule has 41 heavy (non-hydrogen) atoms. The Kier molecular flexibility index (Phi) is 8.75. The van der Waals surface area contributed by atoms with E-state index in [2.05, 4.69) is 20.6 Å². The van der Waals surface area contributed by atoms with Crippen molar-refractivity contribution in [1.29, 1.82) is 0 Å². The summed E-state index contributed by atoms with van der Waals surface area (Å²) in [5.41, 5.74) is 0.466. The number of aliphatic carboxylic acids is 1. The minimum Gasteiger partial charge on any atom is -0.480 e. The normalized spacial score (nSPS) is 14.5. The van der Waals surface area contributed by atoms with Crippen LogP contribution in [0.5, 0.6) is 0 Å². The molecule has 5 N–H and O–H groups in total. The van der Waals surface area contributed by atoms with E-state index in [9.17, 15) is 29.1 Å². The van der Waals surface area contributed by atoms with E-state index in [0.717, 1.165) is 15.5 Å². The van der Waals surface area contributed by atoms with E-state index in [1.807, 2.05) is 31.2 Å². The Bertz CT molecular complexity index is 1700. The maximum absolute atomic E-state index is 13.9. The Balaban J connectivity index is 1.75. The van der Waals surface area contributed by atoms with Crippen LogP contribution < -0.4 is 21.9 Å². The first-order valence-electron chi connectivity index (χ1n) is 13.7. The smallest absolute Gasteiger partial charge is 0.329 e. The van der Waals surface area contributed by atoms with Crippen molar-refractivity contribution in [1.82, 2.24) is 25.2 Å². The van der Waals surface area contributed by atoms with Gasteiger partial charge in [-0.25, -0.2) is 14.2 Å². The fourth-order valence-corrected chi connectivity index (χ4v) is 4.98. The summed E-state index contributed by atoms with van der Waals surface area (Å²) in [5, 5.41) is 16.0. The molecule has 216 valence electrons. The van der Waals surface area contributed by atoms with Crippen molar-refractivity contribution in [2.24, 2.45) is 11.8 Å². The van der Waals surface area contributed by atoms with E-state index in [4.69, 9.17) is 0 Å². The van der Waals surface area contributed by atoms with Crippen LogP contribution in [0.1, 0.15) is 45.7 Å². The van der Waals surface area contributed by atoms with Gasteiger partial charge in [0.1, 0.15) is 18.1 Å². The predicted molar refractivity (Wildman–Crippen MR) is 156 cm³/mol. The number of amides is 2. The van der Waals surface area contributed by atoms with Gasteiger partial charge in [0.2, 0.25) is 11.8 Å². The molecule has 4 rings (SSSR count). The molecule has 4 atom stereocenters. The third-order valence-electron chi connectivity index (χ3n) is 7.56. The van der Waals surface area contributed by atoms with E-state index in [-0.39, 0.29) is 17.7 Å². The molecule has 11 nitrogen and oxygen atoms in total. The van der Waals surface area contributed by atoms with E-state index >= 15 is 0 Å². The molecule has 0 unspecified atom stereocenters. The number of hydrogen-bond acceptors (Lipinski definition) is 5. The average molecular weight is 562 g/mol. The second kappa shape index (κ2) is 12.2. The van der Waals surface area contributed by atoms with Gasteiger partial charge < -0.3 is 25.7 Å². The highest BCUT2D eigenvalue weighted by Crippen LogP contribution is 2.23. The second-order valence-electron chi connectivity index (χ2n) is 10.7. The van der Waals surface area contributed by atoms with Crippen LogP contribution in [0.4, 0.5) is 0 Å². The monoisotopic (exact) mass is 561 g/mol. The summed E-state index contributed by atoms with van der Waals surface area (Å²) in [7, 11) is 0. The molecule has 2 amide bonds. The van der Waals surface area contributed by atoms with Crippen molar-refractivity contribution in [2.45, 2.75) is 58.7 Å². The molecule has 0 saturated heterocycles. The summed E-state index contributed by atoms with van der Waals surface area (Å²) in [5.74, 6) is -3.32. The number of nitrogens with zero attached hydrogens (tertiary/aromatic N) is 1. The van der Waals surface area contributed by atoms with Crippen molar-refractivity contribution in [3.63, 3.8) is 0 Å². The SMILES string of the molecule is CC[C@H](C)[C@H](NC(=O)[C@@H](NC(=O)[C@H](Cc1c[nH]c2ccccc12)n1c(=O)[nH]c2ccccc2c1=O)C(C)C)C(=O)O. The zero-order valence-corrected chi connectivity index (χ0v) is 23.4. The predicted octanol–water partition coefficient (Wildman–Crippen LogP) is 2.71. The molecule has 11 heteroatoms. The Morgan fingerprint density at radius 1 is 0.878 bits per heavy atom. The maximum atomic E-state index is 13.9. The standard InChI is InChI=1S/C30H35N5O6/c1-5-17(4)25(29(39)40)34-27(37)24(16(2)3)33-26(36)23(14-18-15-31-21-12-8-6-10-19(18)21)35-28(38)20-11-7-9-13-22(20)32-30(35)41/h6-13,15-17,23-25,31H,5,14H2,1-4H3,(H,32,41)(H,33,36)(H,34,37)(H,39,40)/t17-,23-,24-,25-/m0/s1. The molecule has 0 bridgehead atoms. The third-order valence-corrected chi connectivity index (χ3v) is 7.56. The molecule has 2 heterocycles. The van der Waals surface area contributed by atoms with Gasteiger partial charge in [-0.2, -0.15) is 0 Å². The summed E-state index contributed by atoms with van der Waals surface area (Å²) in [4.78, 5) is 71.7. The first kappa shape index (κ1) is 29.3. The van der Waals surface area contributed by atoms with Crippen LogP contribution in [0.15, 0.2) is 64.3 Å². The zero-order valence-electron chi connectivity index (χ0n) is 23.4. The van der Waals surface area contributed by atoms with Crippen LogP contribution in [0.2, 0.25) is 0 Å². The van der Waals surface area contributed by atoms with Crippen LogP contribution in [0.25, 0.3) is 21.8 Å². The number of hydrogen-bond donors (Lipinski definition) is 5. The van der Waals surface area contributed by atoms with Gasteiger partial charge in [-0.05, 0) is 35.6 Å². The lowest BCUT2D eigenvalue weighted by Gasteiger charge is -2.28. The van der Waals surface area contributed by atoms with Crippen molar-refractivity contribution >= 4 is 39.6 Å². The van der Waals surface area contributed by atoms with Crippen LogP contribution in [0.3, 0.4) is 0 Å². The average Bonchev–Trinajstić information content (AvgIpc) is 3.35. The molecular weight excluding hydrogens is 526 g/mol. The van der Waals surface area contributed by atoms with Gasteiger partial charge in [0.15, 0.2) is 0 Å². The van der Waals surface area contributed by atoms with Gasteiger partial charge in [0.25, 0.3) is 5.56 Å². The fourth-order valence-electron chi connectivity index (χ4n) is 4.98. The lowest BCUT2D eigenvalue weighted by atomic mass is 9.97. The number of benzene rings is 2. The van der Waals surface area contributed by atoms with Crippen LogP contribution in [-0.4, -0.2) is 49.5 Å². The quantitative estimate of drug-likeness (QED) is 0.189. The topological polar surface area (TPSA) is 166 Å². The number of fused-ring (bicyclic) bond motifs is 2. The number of nitrogens with one attached hydrogen (secondary N) is 4. The fraction of sp³-hybridized carbons (Fsp3) is 0.367. The number of aromatic amines is 2. The minimum absolute atomic E-state index is 0.0196. The maximum Gasteiger partial charge on any atom is 0.329 e. The number of carbonyl (C=O) groups excluding carboxylic acids is 2. The lowest BCUT2D eigenvalue weighted by molar-refractivity contribution is -0.144. The van der Waals surface area contributed by atoms with Crippen molar-refractivity contribution in [3.8, 4) is 0 Å². The van der Waals surface area contributed by atoms with E-state index in [1.165, 1.54) is 0 Å². The van der Waals surface area contributed by atoms with Crippen molar-refractivity contribution < 1.29 is 19.5 Å². The number of H-pyrrole nitrogens is 2. The van der Waals surface area contributed by atoms with E-state index < -0.39 is 53.1 Å². The van der Waals surface area contributed by atoms with Gasteiger partial charge in [0.05, 0.1) is 10.9 Å². The van der Waals surface area contributed by atoms with Gasteiger partial charge in [-0.15, -0.1) is 0 Å². The Labute approximate surface area is 236 Å². The summed E-state index contributed by atoms with van der Waals surface area (Å²) in [6.45, 7) is 6.97. The van der Waals surface area contributed by atoms with E-state index in [0.29, 0.717) is 17.5 Å². The molecule has 0 aliphatic heterocycles. The summed E-state index contributed by atoms with van der Waals surface area (Å²) < 4.78 is 0.883. The number of rotatable bonds is 11. The van der Waals surface area contributed by atoms with Gasteiger partial charge in [-0.3, -0.25) is 14.4 Å². The number of para-hydroxylation sites is 2. The second-order valence-corrected chi connectivity index (χ2v) is 10.7. The minimum atomic E-state index is -1.31. The molecule has 4 aromatic rings. The molecular formula is C30H35N5O6. The van der Waals surface area contributed by atoms with Crippen molar-refractivity contribution in [2.75, 3.05) is 0 Å². The Morgan fingerprint density at radius 3 is 2.12 bits per heavy atom. The Morgan fingerprint density at radius 2 is 1.49 bits per heavy atom. The molecule has 0 aliphatic carbocycles. The zero-order chi connectivity index (χ0) is 29.8. The number of carboxylic acid groups (broad SMARTS) is 1. The van der Waals surface area contributed by atoms with Crippen LogP contribution in [-0.2, 0) is 20.8 Å². The summed E-state index contributed by atoms with van der Waals surface area (Å²) in [6.07, 6.45) is 2.23. The highest BCUT2D eigenvalue weighted by molar-refractivity contribution is 5.92. The molecule has 2 aromatic heterocycles.